The number of fused-ring (bicyclic) bond motifs is 1. The van der Waals surface area contributed by atoms with Crippen LogP contribution >= 0.6 is 23.1 Å². The number of benzene rings is 2. The lowest BCUT2D eigenvalue weighted by Gasteiger charge is -2.28. The minimum atomic E-state index is -0.758. The molecule has 0 saturated carbocycles. The Balaban J connectivity index is 2.10. The van der Waals surface area contributed by atoms with E-state index in [-0.39, 0.29) is 5.97 Å². The predicted molar refractivity (Wildman–Crippen MR) is 122 cm³/mol. The highest BCUT2D eigenvalue weighted by Crippen LogP contribution is 2.45. The molecule has 6 heteroatoms. The van der Waals surface area contributed by atoms with Gasteiger partial charge in [-0.25, -0.2) is 9.83 Å². The van der Waals surface area contributed by atoms with Crippen LogP contribution in [0, 0.1) is 13.5 Å². The average molecular weight is 425 g/mol. The summed E-state index contributed by atoms with van der Waals surface area (Å²) in [7, 11) is 0. The van der Waals surface area contributed by atoms with Crippen LogP contribution in [0.15, 0.2) is 41.3 Å². The summed E-state index contributed by atoms with van der Waals surface area (Å²) in [6.45, 7) is 18.6. The number of hydrogen-bond acceptors (Lipinski definition) is 5. The Morgan fingerprint density at radius 2 is 1.76 bits per heavy atom. The topological polar surface area (TPSA) is 43.5 Å². The highest BCUT2D eigenvalue weighted by Gasteiger charge is 2.34. The van der Waals surface area contributed by atoms with Crippen molar-refractivity contribution in [2.45, 2.75) is 56.8 Å². The average Bonchev–Trinajstić information content (AvgIpc) is 3.00. The number of ether oxygens (including phenoxy) is 1. The predicted octanol–water partition coefficient (Wildman–Crippen LogP) is 7.03. The fourth-order valence-electron chi connectivity index (χ4n) is 2.86. The van der Waals surface area contributed by atoms with Gasteiger partial charge in [0.2, 0.25) is 0 Å². The van der Waals surface area contributed by atoms with Gasteiger partial charge in [0.1, 0.15) is 10.3 Å². The lowest BCUT2D eigenvalue weighted by atomic mass is 10.0. The lowest BCUT2D eigenvalue weighted by Crippen LogP contribution is -2.36. The number of nitrogens with zero attached hydrogens (tertiary/aromatic N) is 2. The van der Waals surface area contributed by atoms with Crippen molar-refractivity contribution in [1.29, 1.82) is 0 Å². The molecule has 0 saturated heterocycles. The summed E-state index contributed by atoms with van der Waals surface area (Å²) in [5.74, 6) is -0.245. The summed E-state index contributed by atoms with van der Waals surface area (Å²) in [5, 5.41) is 0.993. The Hall–Kier alpha value is -2.36. The first-order valence-electron chi connectivity index (χ1n) is 9.31. The van der Waals surface area contributed by atoms with E-state index in [0.29, 0.717) is 5.69 Å². The van der Waals surface area contributed by atoms with Crippen LogP contribution in [0.2, 0.25) is 0 Å². The lowest BCUT2D eigenvalue weighted by molar-refractivity contribution is -0.156. The Bertz CT molecular complexity index is 1100. The fraction of sp³-hybridized carbons (Fsp3) is 0.348. The van der Waals surface area contributed by atoms with Crippen LogP contribution in [0.4, 0.5) is 5.69 Å². The zero-order valence-corrected chi connectivity index (χ0v) is 19.1. The molecule has 2 aromatic carbocycles. The molecule has 0 atom stereocenters. The molecule has 1 heterocycles. The second kappa shape index (κ2) is 7.81. The first-order chi connectivity index (χ1) is 13.5. The number of hydrogen-bond donors (Lipinski definition) is 0. The molecular weight excluding hydrogens is 400 g/mol. The molecule has 0 aliphatic carbocycles. The van der Waals surface area contributed by atoms with Crippen molar-refractivity contribution in [2.24, 2.45) is 0 Å². The number of aromatic nitrogens is 1. The third-order valence-electron chi connectivity index (χ3n) is 4.17. The largest absolute Gasteiger partial charge is 0.459 e. The highest BCUT2D eigenvalue weighted by molar-refractivity contribution is 8.01. The monoisotopic (exact) mass is 424 g/mol. The van der Waals surface area contributed by atoms with Gasteiger partial charge in [0.25, 0.3) is 0 Å². The van der Waals surface area contributed by atoms with E-state index in [1.54, 1.807) is 11.3 Å². The first-order valence-corrected chi connectivity index (χ1v) is 10.9. The Kier molecular flexibility index (Phi) is 5.75. The summed E-state index contributed by atoms with van der Waals surface area (Å²) >= 11 is 3.14. The third kappa shape index (κ3) is 4.80. The molecule has 29 heavy (non-hydrogen) atoms. The molecule has 150 valence electrons. The van der Waals surface area contributed by atoms with E-state index >= 15 is 0 Å². The maximum absolute atomic E-state index is 12.8. The summed E-state index contributed by atoms with van der Waals surface area (Å²) in [6, 6.07) is 11.6. The van der Waals surface area contributed by atoms with Crippen LogP contribution in [0.25, 0.3) is 26.2 Å². The van der Waals surface area contributed by atoms with Gasteiger partial charge in [0.05, 0.1) is 21.8 Å². The van der Waals surface area contributed by atoms with Gasteiger partial charge in [0.15, 0.2) is 5.69 Å². The first kappa shape index (κ1) is 21.4. The van der Waals surface area contributed by atoms with E-state index in [1.807, 2.05) is 77.9 Å². The molecule has 3 rings (SSSR count). The molecule has 0 unspecified atom stereocenters. The van der Waals surface area contributed by atoms with Crippen LogP contribution < -0.4 is 0 Å². The molecule has 4 nitrogen and oxygen atoms in total. The van der Waals surface area contributed by atoms with Crippen LogP contribution in [-0.4, -0.2) is 21.3 Å². The molecule has 0 bridgehead atoms. The van der Waals surface area contributed by atoms with Crippen LogP contribution in [0.5, 0.6) is 0 Å². The van der Waals surface area contributed by atoms with Gasteiger partial charge in [-0.1, -0.05) is 24.3 Å². The summed E-state index contributed by atoms with van der Waals surface area (Å²) in [5.41, 5.74) is 3.06. The number of carbonyl (C=O) groups excluding carboxylic acids is 1. The van der Waals surface area contributed by atoms with Crippen molar-refractivity contribution in [2.75, 3.05) is 0 Å². The Morgan fingerprint density at radius 1 is 1.10 bits per heavy atom. The van der Waals surface area contributed by atoms with E-state index in [9.17, 15) is 4.79 Å². The molecule has 0 aliphatic heterocycles. The smallest absolute Gasteiger partial charge is 0.322 e. The number of thioether (sulfide) groups is 1. The van der Waals surface area contributed by atoms with Crippen molar-refractivity contribution in [3.63, 3.8) is 0 Å². The summed E-state index contributed by atoms with van der Waals surface area (Å²) < 4.78 is 5.97. The standard InChI is InChI=1S/C23H24N2O2S2/c1-14-25-17-12-13-18(29-23(5,6)21(26)27-22(2,3)4)19(20(17)28-14)15-8-10-16(24-7)11-9-15/h8-13H,1-6H3. The number of aryl methyl sites for hydroxylation is 1. The molecule has 0 aliphatic rings. The molecule has 0 radical (unpaired) electrons. The van der Waals surface area contributed by atoms with Gasteiger partial charge >= 0.3 is 5.97 Å². The molecule has 0 amide bonds. The maximum atomic E-state index is 12.8. The van der Waals surface area contributed by atoms with E-state index in [1.165, 1.54) is 11.8 Å². The van der Waals surface area contributed by atoms with Crippen LogP contribution in [0.1, 0.15) is 39.6 Å². The van der Waals surface area contributed by atoms with Gasteiger partial charge in [-0.05, 0) is 59.2 Å². The van der Waals surface area contributed by atoms with Gasteiger partial charge < -0.3 is 4.74 Å². The van der Waals surface area contributed by atoms with Crippen molar-refractivity contribution in [1.82, 2.24) is 4.98 Å². The van der Waals surface area contributed by atoms with E-state index < -0.39 is 10.3 Å². The SMILES string of the molecule is [C-]#[N+]c1ccc(-c2c(SC(C)(C)C(=O)OC(C)(C)C)ccc3nc(C)sc23)cc1. The molecule has 1 aromatic heterocycles. The van der Waals surface area contributed by atoms with Crippen molar-refractivity contribution in [3.8, 4) is 11.1 Å². The number of thiazole rings is 1. The molecular formula is C23H24N2O2S2. The quantitative estimate of drug-likeness (QED) is 0.256. The van der Waals surface area contributed by atoms with Crippen molar-refractivity contribution >= 4 is 45.0 Å². The second-order valence-electron chi connectivity index (χ2n) is 8.29. The summed E-state index contributed by atoms with van der Waals surface area (Å²) in [6.07, 6.45) is 0. The number of carbonyl (C=O) groups is 1. The zero-order valence-electron chi connectivity index (χ0n) is 17.5. The zero-order chi connectivity index (χ0) is 21.4. The van der Waals surface area contributed by atoms with Gasteiger partial charge in [-0.15, -0.1) is 23.1 Å². The second-order valence-corrected chi connectivity index (χ2v) is 11.2. The van der Waals surface area contributed by atoms with Crippen molar-refractivity contribution in [3.05, 3.63) is 52.8 Å². The fourth-order valence-corrected chi connectivity index (χ4v) is 5.05. The number of rotatable bonds is 4. The van der Waals surface area contributed by atoms with E-state index in [0.717, 1.165) is 31.2 Å². The Labute approximate surface area is 180 Å². The molecule has 0 N–H and O–H groups in total. The number of esters is 1. The van der Waals surface area contributed by atoms with Gasteiger partial charge in [0, 0.05) is 10.5 Å². The minimum absolute atomic E-state index is 0.245. The van der Waals surface area contributed by atoms with Gasteiger partial charge in [-0.2, -0.15) is 0 Å². The molecule has 0 fully saturated rings. The van der Waals surface area contributed by atoms with Gasteiger partial charge in [-0.3, -0.25) is 4.79 Å². The van der Waals surface area contributed by atoms with E-state index in [2.05, 4.69) is 9.83 Å². The van der Waals surface area contributed by atoms with Crippen LogP contribution in [0.3, 0.4) is 0 Å². The third-order valence-corrected chi connectivity index (χ3v) is 6.41. The minimum Gasteiger partial charge on any atom is -0.459 e. The maximum Gasteiger partial charge on any atom is 0.322 e. The highest BCUT2D eigenvalue weighted by atomic mass is 32.2. The normalized spacial score (nSPS) is 12.0. The summed E-state index contributed by atoms with van der Waals surface area (Å²) in [4.78, 5) is 21.9. The molecule has 3 aromatic rings. The van der Waals surface area contributed by atoms with Crippen molar-refractivity contribution < 1.29 is 9.53 Å². The Morgan fingerprint density at radius 3 is 2.34 bits per heavy atom. The molecule has 0 spiro atoms. The van der Waals surface area contributed by atoms with E-state index in [4.69, 9.17) is 11.3 Å². The van der Waals surface area contributed by atoms with Crippen LogP contribution in [-0.2, 0) is 9.53 Å².